The molecule has 0 spiro atoms. The monoisotopic (exact) mass is 938 g/mol. The standard InChI is InChI=1S/C43H54N12O9Si2/c1-65(2,3)19-17-61-40(59)31(15-16-32(56)63-23-26-7-9-27(10-8-26)24-64-39-34-36(48-25-47-34)51-41(44)54-39)50-37(57)28-11-13-29(14-12-28)45-21-30-22-46-35-33(49-30)38(58)53-42(52-35)55-43(60)62-18-20-66(4,5)6/h7-14,22,25,31,45H,15-21,23-24H2,1-6H3,(H,50,57)(H3,44,47,48,51,54)(H2,46,52,53,55,58,60)/t31-/m0/s1. The Morgan fingerprint density at radius 1 is 0.788 bits per heavy atom. The lowest BCUT2D eigenvalue weighted by atomic mass is 10.1. The third-order valence-corrected chi connectivity index (χ3v) is 13.2. The van der Waals surface area contributed by atoms with Gasteiger partial charge in [0, 0.05) is 33.8 Å². The minimum Gasteiger partial charge on any atom is -0.471 e. The van der Waals surface area contributed by atoms with Crippen molar-refractivity contribution < 1.29 is 38.1 Å². The molecule has 0 aliphatic rings. The number of fused-ring (bicyclic) bond motifs is 2. The number of aromatic nitrogens is 8. The Balaban J connectivity index is 0.988. The number of nitrogen functional groups attached to an aromatic ring is 1. The van der Waals surface area contributed by atoms with Crippen LogP contribution in [0.4, 0.5) is 22.4 Å². The summed E-state index contributed by atoms with van der Waals surface area (Å²) in [5, 5.41) is 8.33. The second-order valence-corrected chi connectivity index (χ2v) is 29.0. The van der Waals surface area contributed by atoms with Crippen LogP contribution in [0.25, 0.3) is 22.3 Å². The van der Waals surface area contributed by atoms with Crippen LogP contribution in [0.2, 0.25) is 51.4 Å². The fourth-order valence-electron chi connectivity index (χ4n) is 5.97. The molecule has 23 heteroatoms. The quantitative estimate of drug-likeness (QED) is 0.0293. The zero-order valence-corrected chi connectivity index (χ0v) is 39.6. The number of rotatable bonds is 21. The van der Waals surface area contributed by atoms with Crippen molar-refractivity contribution in [1.29, 1.82) is 0 Å². The summed E-state index contributed by atoms with van der Waals surface area (Å²) in [4.78, 5) is 95.1. The number of esters is 2. The number of nitrogens with one attached hydrogen (secondary N) is 5. The Bertz CT molecular complexity index is 2720. The molecule has 6 rings (SSSR count). The number of anilines is 3. The number of hydrogen-bond acceptors (Lipinski definition) is 17. The van der Waals surface area contributed by atoms with Crippen molar-refractivity contribution in [2.24, 2.45) is 0 Å². The smallest absolute Gasteiger partial charge is 0.413 e. The molecule has 21 nitrogen and oxygen atoms in total. The number of H-pyrrole nitrogens is 2. The van der Waals surface area contributed by atoms with Gasteiger partial charge >= 0.3 is 18.0 Å². The first-order valence-electron chi connectivity index (χ1n) is 21.2. The zero-order valence-electron chi connectivity index (χ0n) is 37.6. The molecule has 348 valence electrons. The molecule has 0 radical (unpaired) electrons. The fraction of sp³-hybridized carbons (Fsp3) is 0.372. The van der Waals surface area contributed by atoms with Crippen molar-refractivity contribution in [2.45, 2.75) is 90.0 Å². The molecule has 0 aliphatic carbocycles. The molecule has 0 saturated carbocycles. The van der Waals surface area contributed by atoms with Crippen molar-refractivity contribution in [1.82, 2.24) is 45.2 Å². The van der Waals surface area contributed by atoms with E-state index in [2.05, 4.69) is 95.1 Å². The fourth-order valence-corrected chi connectivity index (χ4v) is 7.40. The van der Waals surface area contributed by atoms with E-state index in [0.717, 1.165) is 23.2 Å². The number of amides is 2. The Labute approximate surface area is 381 Å². The van der Waals surface area contributed by atoms with Gasteiger partial charge in [-0.2, -0.15) is 15.0 Å². The van der Waals surface area contributed by atoms with Gasteiger partial charge in [-0.05, 0) is 53.9 Å². The van der Waals surface area contributed by atoms with E-state index in [1.54, 1.807) is 36.4 Å². The SMILES string of the molecule is C[Si](C)(C)CCOC(=O)Nc1nc2ncc(CNc3ccc(C(=O)N[C@@H](CCC(=O)OCc4ccc(COc5nc(N)nc6nc[nH]c56)cc4)C(=O)OCC[Si](C)(C)C)cc3)nc2c(=O)[nH]1. The molecule has 2 aromatic carbocycles. The number of nitrogens with zero attached hydrogens (tertiary/aromatic N) is 6. The first kappa shape index (κ1) is 48.2. The molecular formula is C43H54N12O9Si2. The number of carbonyl (C=O) groups excluding carboxylic acids is 4. The predicted molar refractivity (Wildman–Crippen MR) is 251 cm³/mol. The summed E-state index contributed by atoms with van der Waals surface area (Å²) in [5.74, 6) is -1.52. The maximum atomic E-state index is 13.4. The number of benzene rings is 2. The molecule has 6 aromatic rings. The maximum absolute atomic E-state index is 13.4. The van der Waals surface area contributed by atoms with Gasteiger partial charge in [0.15, 0.2) is 16.8 Å². The molecule has 66 heavy (non-hydrogen) atoms. The van der Waals surface area contributed by atoms with E-state index < -0.39 is 51.7 Å². The second-order valence-electron chi connectivity index (χ2n) is 17.7. The van der Waals surface area contributed by atoms with E-state index in [0.29, 0.717) is 22.5 Å². The lowest BCUT2D eigenvalue weighted by molar-refractivity contribution is -0.147. The van der Waals surface area contributed by atoms with Crippen LogP contribution in [0.15, 0.2) is 65.8 Å². The first-order chi connectivity index (χ1) is 31.4. The van der Waals surface area contributed by atoms with Crippen molar-refractivity contribution >= 4 is 80.0 Å². The summed E-state index contributed by atoms with van der Waals surface area (Å²) in [5.41, 5.74) is 9.02. The van der Waals surface area contributed by atoms with Crippen molar-refractivity contribution in [3.63, 3.8) is 0 Å². The molecule has 0 bridgehead atoms. The highest BCUT2D eigenvalue weighted by Crippen LogP contribution is 2.21. The van der Waals surface area contributed by atoms with Gasteiger partial charge in [-0.3, -0.25) is 24.7 Å². The molecule has 4 aromatic heterocycles. The zero-order chi connectivity index (χ0) is 47.4. The van der Waals surface area contributed by atoms with Gasteiger partial charge in [0.2, 0.25) is 17.8 Å². The maximum Gasteiger partial charge on any atom is 0.413 e. The van der Waals surface area contributed by atoms with Gasteiger partial charge in [-0.15, -0.1) is 0 Å². The number of nitrogens with two attached hydrogens (primary N) is 1. The highest BCUT2D eigenvalue weighted by atomic mass is 28.3. The van der Waals surface area contributed by atoms with Crippen LogP contribution in [0.1, 0.15) is 40.0 Å². The predicted octanol–water partition coefficient (Wildman–Crippen LogP) is 5.54. The van der Waals surface area contributed by atoms with Gasteiger partial charge in [0.25, 0.3) is 11.5 Å². The van der Waals surface area contributed by atoms with Gasteiger partial charge in [-0.25, -0.2) is 24.5 Å². The lowest BCUT2D eigenvalue weighted by Crippen LogP contribution is -2.42. The van der Waals surface area contributed by atoms with Gasteiger partial charge < -0.3 is 40.3 Å². The molecule has 0 unspecified atom stereocenters. The van der Waals surface area contributed by atoms with Crippen molar-refractivity contribution in [2.75, 3.05) is 29.6 Å². The first-order valence-corrected chi connectivity index (χ1v) is 28.6. The van der Waals surface area contributed by atoms with E-state index >= 15 is 0 Å². The number of aromatic amines is 2. The second kappa shape index (κ2) is 21.6. The molecule has 2 amide bonds. The van der Waals surface area contributed by atoms with Crippen LogP contribution in [0.3, 0.4) is 0 Å². The molecule has 7 N–H and O–H groups in total. The number of imidazole rings is 1. The summed E-state index contributed by atoms with van der Waals surface area (Å²) >= 11 is 0. The summed E-state index contributed by atoms with van der Waals surface area (Å²) in [6, 6.07) is 14.2. The third kappa shape index (κ3) is 14.6. The van der Waals surface area contributed by atoms with Crippen LogP contribution in [-0.4, -0.2) is 99.2 Å². The van der Waals surface area contributed by atoms with E-state index in [1.165, 1.54) is 12.5 Å². The van der Waals surface area contributed by atoms with Crippen LogP contribution in [-0.2, 0) is 43.6 Å². The average molecular weight is 939 g/mol. The number of ether oxygens (including phenoxy) is 4. The summed E-state index contributed by atoms with van der Waals surface area (Å²) in [6.45, 7) is 13.8. The normalized spacial score (nSPS) is 12.0. The van der Waals surface area contributed by atoms with E-state index in [1.807, 2.05) is 12.1 Å². The number of hydrogen-bond donors (Lipinski definition) is 6. The third-order valence-electron chi connectivity index (χ3n) is 9.79. The molecule has 1 atom stereocenters. The minimum atomic E-state index is -1.53. The minimum absolute atomic E-state index is 0.00474. The highest BCUT2D eigenvalue weighted by Gasteiger charge is 2.26. The molecule has 0 saturated heterocycles. The van der Waals surface area contributed by atoms with Gasteiger partial charge in [-0.1, -0.05) is 63.5 Å². The van der Waals surface area contributed by atoms with Crippen molar-refractivity contribution in [3.8, 4) is 5.88 Å². The molecule has 0 fully saturated rings. The van der Waals surface area contributed by atoms with Crippen LogP contribution < -0.4 is 32.0 Å². The van der Waals surface area contributed by atoms with Crippen LogP contribution >= 0.6 is 0 Å². The Morgan fingerprint density at radius 2 is 1.47 bits per heavy atom. The summed E-state index contributed by atoms with van der Waals surface area (Å²) in [7, 11) is -2.92. The van der Waals surface area contributed by atoms with Crippen LogP contribution in [0.5, 0.6) is 5.88 Å². The van der Waals surface area contributed by atoms with Crippen LogP contribution in [0, 0.1) is 0 Å². The Hall–Kier alpha value is -7.28. The van der Waals surface area contributed by atoms with E-state index in [9.17, 15) is 24.0 Å². The average Bonchev–Trinajstić information content (AvgIpc) is 3.74. The Morgan fingerprint density at radius 3 is 2.17 bits per heavy atom. The molecule has 0 aliphatic heterocycles. The lowest BCUT2D eigenvalue weighted by Gasteiger charge is -2.20. The number of carbonyl (C=O) groups is 4. The van der Waals surface area contributed by atoms with Gasteiger partial charge in [0.05, 0.1) is 38.0 Å². The van der Waals surface area contributed by atoms with Crippen molar-refractivity contribution in [3.05, 3.63) is 93.8 Å². The van der Waals surface area contributed by atoms with E-state index in [-0.39, 0.29) is 80.3 Å². The highest BCUT2D eigenvalue weighted by molar-refractivity contribution is 6.76. The Kier molecular flexibility index (Phi) is 15.8. The molecule has 4 heterocycles. The van der Waals surface area contributed by atoms with Gasteiger partial charge in [0.1, 0.15) is 24.8 Å². The summed E-state index contributed by atoms with van der Waals surface area (Å²) < 4.78 is 22.1. The summed E-state index contributed by atoms with van der Waals surface area (Å²) in [6.07, 6.45) is 2.00. The molecular weight excluding hydrogens is 885 g/mol. The van der Waals surface area contributed by atoms with E-state index in [4.69, 9.17) is 24.7 Å². The topological polar surface area (TPSA) is 293 Å². The largest absolute Gasteiger partial charge is 0.471 e.